The third-order valence-electron chi connectivity index (χ3n) is 4.54. The molecule has 1 saturated heterocycles. The topological polar surface area (TPSA) is 97.4 Å². The number of nitrogens with one attached hydrogen (secondary N) is 1. The summed E-state index contributed by atoms with van der Waals surface area (Å²) in [6.07, 6.45) is -0.0448. The van der Waals surface area contributed by atoms with Gasteiger partial charge >= 0.3 is 0 Å². The fourth-order valence-corrected chi connectivity index (χ4v) is 7.35. The molecule has 0 radical (unpaired) electrons. The van der Waals surface area contributed by atoms with Crippen molar-refractivity contribution in [3.63, 3.8) is 0 Å². The van der Waals surface area contributed by atoms with Crippen molar-refractivity contribution in [2.75, 3.05) is 11.5 Å². The zero-order chi connectivity index (χ0) is 20.5. The summed E-state index contributed by atoms with van der Waals surface area (Å²) in [7, 11) is -7.47. The predicted molar refractivity (Wildman–Crippen MR) is 98.2 cm³/mol. The van der Waals surface area contributed by atoms with E-state index in [9.17, 15) is 30.4 Å². The molecule has 0 aromatic heterocycles. The Labute approximate surface area is 161 Å². The Morgan fingerprint density at radius 3 is 2.46 bits per heavy atom. The zero-order valence-corrected chi connectivity index (χ0v) is 16.2. The molecule has 150 valence electrons. The van der Waals surface area contributed by atoms with Crippen LogP contribution in [0.2, 0.25) is 0 Å². The van der Waals surface area contributed by atoms with Gasteiger partial charge in [-0.15, -0.1) is 0 Å². The molecule has 1 amide bonds. The second-order valence-corrected chi connectivity index (χ2v) is 10.9. The number of hydrogen-bond donors (Lipinski definition) is 1. The number of carbonyl (C=O) groups is 1. The maximum absolute atomic E-state index is 14.1. The molecule has 2 aromatic carbocycles. The summed E-state index contributed by atoms with van der Waals surface area (Å²) in [4.78, 5) is 12.0. The summed E-state index contributed by atoms with van der Waals surface area (Å²) in [5.74, 6) is -3.11. The quantitative estimate of drug-likeness (QED) is 0.732. The minimum atomic E-state index is -4.04. The van der Waals surface area contributed by atoms with E-state index in [2.05, 4.69) is 5.32 Å². The van der Waals surface area contributed by atoms with Crippen LogP contribution in [0.3, 0.4) is 0 Å². The van der Waals surface area contributed by atoms with Crippen LogP contribution >= 0.6 is 0 Å². The van der Waals surface area contributed by atoms with E-state index < -0.39 is 53.8 Å². The molecule has 0 bridgehead atoms. The highest BCUT2D eigenvalue weighted by molar-refractivity contribution is 7.96. The van der Waals surface area contributed by atoms with Gasteiger partial charge in [0.15, 0.2) is 19.7 Å². The lowest BCUT2D eigenvalue weighted by Crippen LogP contribution is -2.26. The van der Waals surface area contributed by atoms with Gasteiger partial charge in [-0.1, -0.05) is 18.2 Å². The average molecular weight is 429 g/mol. The molecule has 1 aliphatic rings. The summed E-state index contributed by atoms with van der Waals surface area (Å²) in [6, 6.07) is 8.45. The highest BCUT2D eigenvalue weighted by Gasteiger charge is 2.38. The highest BCUT2D eigenvalue weighted by Crippen LogP contribution is 2.26. The lowest BCUT2D eigenvalue weighted by atomic mass is 10.1. The molecule has 1 unspecified atom stereocenters. The van der Waals surface area contributed by atoms with E-state index >= 15 is 0 Å². The third-order valence-corrected chi connectivity index (χ3v) is 8.71. The second kappa shape index (κ2) is 7.59. The number of carbonyl (C=O) groups excluding carboxylic acids is 1. The van der Waals surface area contributed by atoms with Gasteiger partial charge in [0.1, 0.15) is 11.6 Å². The minimum absolute atomic E-state index is 0.0448. The molecule has 0 aliphatic carbocycles. The van der Waals surface area contributed by atoms with Crippen molar-refractivity contribution in [3.8, 4) is 0 Å². The van der Waals surface area contributed by atoms with E-state index in [0.717, 1.165) is 18.2 Å². The first kappa shape index (κ1) is 20.4. The van der Waals surface area contributed by atoms with E-state index in [0.29, 0.717) is 0 Å². The number of sulfone groups is 2. The first-order chi connectivity index (χ1) is 13.1. The van der Waals surface area contributed by atoms with Gasteiger partial charge in [-0.05, 0) is 30.7 Å². The van der Waals surface area contributed by atoms with Gasteiger partial charge < -0.3 is 5.32 Å². The Morgan fingerprint density at radius 2 is 1.82 bits per heavy atom. The van der Waals surface area contributed by atoms with Gasteiger partial charge in [0.2, 0.25) is 0 Å². The molecule has 10 heteroatoms. The van der Waals surface area contributed by atoms with Gasteiger partial charge in [-0.3, -0.25) is 4.79 Å². The smallest absolute Gasteiger partial charge is 0.254 e. The summed E-state index contributed by atoms with van der Waals surface area (Å²) in [5, 5.41) is 1.22. The van der Waals surface area contributed by atoms with Crippen LogP contribution in [0.1, 0.15) is 22.3 Å². The lowest BCUT2D eigenvalue weighted by molar-refractivity contribution is 0.0946. The van der Waals surface area contributed by atoms with E-state index in [1.165, 1.54) is 18.2 Å². The maximum Gasteiger partial charge on any atom is 0.254 e. The molecule has 3 rings (SSSR count). The van der Waals surface area contributed by atoms with Crippen molar-refractivity contribution < 1.29 is 30.4 Å². The van der Waals surface area contributed by atoms with Gasteiger partial charge in [-0.25, -0.2) is 25.6 Å². The van der Waals surface area contributed by atoms with Crippen molar-refractivity contribution in [1.82, 2.24) is 5.32 Å². The molecule has 1 atom stereocenters. The van der Waals surface area contributed by atoms with E-state index in [4.69, 9.17) is 0 Å². The van der Waals surface area contributed by atoms with Gasteiger partial charge in [-0.2, -0.15) is 0 Å². The van der Waals surface area contributed by atoms with Crippen molar-refractivity contribution in [3.05, 3.63) is 65.2 Å². The van der Waals surface area contributed by atoms with Crippen LogP contribution in [-0.2, 0) is 26.2 Å². The Bertz CT molecular complexity index is 1130. The van der Waals surface area contributed by atoms with Crippen molar-refractivity contribution >= 4 is 25.6 Å². The number of halogens is 2. The fraction of sp³-hybridized carbons (Fsp3) is 0.278. The van der Waals surface area contributed by atoms with Crippen molar-refractivity contribution in [1.29, 1.82) is 0 Å². The summed E-state index contributed by atoms with van der Waals surface area (Å²) < 4.78 is 76.2. The normalized spacial score (nSPS) is 18.7. The van der Waals surface area contributed by atoms with Crippen LogP contribution in [-0.4, -0.2) is 39.5 Å². The van der Waals surface area contributed by atoms with E-state index in [1.807, 2.05) is 0 Å². The molecule has 2 aromatic rings. The summed E-state index contributed by atoms with van der Waals surface area (Å²) in [6.45, 7) is -0.206. The molecule has 1 N–H and O–H groups in total. The van der Waals surface area contributed by atoms with Gasteiger partial charge in [0.25, 0.3) is 5.91 Å². The predicted octanol–water partition coefficient (Wildman–Crippen LogP) is 1.86. The van der Waals surface area contributed by atoms with Crippen LogP contribution in [0.5, 0.6) is 0 Å². The summed E-state index contributed by atoms with van der Waals surface area (Å²) in [5.41, 5.74) is -0.325. The molecule has 0 saturated carbocycles. The monoisotopic (exact) mass is 429 g/mol. The first-order valence-electron chi connectivity index (χ1n) is 8.35. The lowest BCUT2D eigenvalue weighted by Gasteiger charge is -2.12. The largest absolute Gasteiger partial charge is 0.348 e. The Hall–Kier alpha value is -2.33. The van der Waals surface area contributed by atoms with Gasteiger partial charge in [0.05, 0.1) is 27.2 Å². The van der Waals surface area contributed by atoms with Crippen LogP contribution < -0.4 is 5.32 Å². The zero-order valence-electron chi connectivity index (χ0n) is 14.6. The Kier molecular flexibility index (Phi) is 5.53. The van der Waals surface area contributed by atoms with Crippen LogP contribution in [0, 0.1) is 11.6 Å². The van der Waals surface area contributed by atoms with Gasteiger partial charge in [0, 0.05) is 12.1 Å². The molecule has 1 heterocycles. The molecule has 1 fully saturated rings. The molecule has 1 aliphatic heterocycles. The Balaban J connectivity index is 1.83. The van der Waals surface area contributed by atoms with Crippen LogP contribution in [0.15, 0.2) is 47.4 Å². The Morgan fingerprint density at radius 1 is 1.11 bits per heavy atom. The van der Waals surface area contributed by atoms with Crippen molar-refractivity contribution in [2.24, 2.45) is 0 Å². The molecule has 6 nitrogen and oxygen atoms in total. The van der Waals surface area contributed by atoms with Crippen LogP contribution in [0.25, 0.3) is 0 Å². The second-order valence-electron chi connectivity index (χ2n) is 6.49. The van der Waals surface area contributed by atoms with E-state index in [-0.39, 0.29) is 29.2 Å². The van der Waals surface area contributed by atoms with Crippen LogP contribution in [0.4, 0.5) is 8.78 Å². The SMILES string of the molecule is O=C(NCc1ccccc1F)c1cc(S(=O)(=O)C2CCS(=O)(=O)C2)ccc1F. The molecular formula is C18H17F2NO5S2. The first-order valence-corrected chi connectivity index (χ1v) is 11.7. The van der Waals surface area contributed by atoms with E-state index in [1.54, 1.807) is 6.07 Å². The standard InChI is InChI=1S/C18H17F2NO5S2/c19-16-4-2-1-3-12(16)10-21-18(22)15-9-13(5-6-17(15)20)28(25,26)14-7-8-27(23,24)11-14/h1-6,9,14H,7-8,10-11H2,(H,21,22). The third kappa shape index (κ3) is 4.22. The maximum atomic E-state index is 14.1. The minimum Gasteiger partial charge on any atom is -0.348 e. The number of benzene rings is 2. The highest BCUT2D eigenvalue weighted by atomic mass is 32.2. The number of rotatable bonds is 5. The molecule has 28 heavy (non-hydrogen) atoms. The fourth-order valence-electron chi connectivity index (χ4n) is 2.97. The number of hydrogen-bond acceptors (Lipinski definition) is 5. The average Bonchev–Trinajstić information content (AvgIpc) is 3.01. The van der Waals surface area contributed by atoms with Crippen molar-refractivity contribution in [2.45, 2.75) is 23.1 Å². The molecular weight excluding hydrogens is 412 g/mol. The summed E-state index contributed by atoms with van der Waals surface area (Å²) >= 11 is 0. The molecule has 0 spiro atoms. The number of amides is 1.